The van der Waals surface area contributed by atoms with Crippen LogP contribution in [0.5, 0.6) is 0 Å². The van der Waals surface area contributed by atoms with E-state index in [1.54, 1.807) is 34.5 Å². The normalized spacial score (nSPS) is 12.6. The van der Waals surface area contributed by atoms with Crippen LogP contribution in [-0.4, -0.2) is 45.3 Å². The first kappa shape index (κ1) is 18.5. The van der Waals surface area contributed by atoms with Crippen LogP contribution in [0.4, 0.5) is 10.2 Å². The molecule has 4 rings (SSSR count). The Hall–Kier alpha value is -2.84. The van der Waals surface area contributed by atoms with Gasteiger partial charge in [0.2, 0.25) is 0 Å². The van der Waals surface area contributed by atoms with Crippen molar-refractivity contribution in [2.24, 2.45) is 7.05 Å². The molecule has 8 heteroatoms. The van der Waals surface area contributed by atoms with Crippen LogP contribution in [0.15, 0.2) is 48.4 Å². The third-order valence-electron chi connectivity index (χ3n) is 4.72. The van der Waals surface area contributed by atoms with Gasteiger partial charge in [-0.3, -0.25) is 4.68 Å². The van der Waals surface area contributed by atoms with Crippen LogP contribution < -0.4 is 5.32 Å². The fourth-order valence-electron chi connectivity index (χ4n) is 3.26. The van der Waals surface area contributed by atoms with E-state index in [4.69, 9.17) is 0 Å². The highest BCUT2D eigenvalue weighted by Crippen LogP contribution is 2.36. The molecular formula is C20H21FN6S. The summed E-state index contributed by atoms with van der Waals surface area (Å²) in [6.07, 6.45) is 5.48. The molecule has 3 heterocycles. The monoisotopic (exact) mass is 396 g/mol. The minimum atomic E-state index is -0.247. The number of benzene rings is 1. The third kappa shape index (κ3) is 3.61. The number of hydrogen-bond donors (Lipinski definition) is 1. The molecule has 3 aromatic heterocycles. The van der Waals surface area contributed by atoms with Crippen LogP contribution >= 0.6 is 11.3 Å². The molecule has 0 aliphatic carbocycles. The van der Waals surface area contributed by atoms with E-state index in [-0.39, 0.29) is 11.9 Å². The molecule has 0 spiro atoms. The second-order valence-electron chi connectivity index (χ2n) is 6.87. The summed E-state index contributed by atoms with van der Waals surface area (Å²) in [5, 5.41) is 10.8. The zero-order valence-electron chi connectivity index (χ0n) is 15.9. The predicted molar refractivity (Wildman–Crippen MR) is 111 cm³/mol. The average molecular weight is 396 g/mol. The van der Waals surface area contributed by atoms with Gasteiger partial charge < -0.3 is 10.2 Å². The zero-order valence-corrected chi connectivity index (χ0v) is 16.7. The zero-order chi connectivity index (χ0) is 19.7. The smallest absolute Gasteiger partial charge is 0.138 e. The van der Waals surface area contributed by atoms with Crippen LogP contribution in [0.25, 0.3) is 21.3 Å². The minimum absolute atomic E-state index is 0.145. The maximum atomic E-state index is 13.3. The van der Waals surface area contributed by atoms with Gasteiger partial charge in [-0.1, -0.05) is 12.1 Å². The number of fused-ring (bicyclic) bond motifs is 1. The summed E-state index contributed by atoms with van der Waals surface area (Å²) in [4.78, 5) is 11.9. The van der Waals surface area contributed by atoms with Crippen LogP contribution in [0.3, 0.4) is 0 Å². The molecule has 4 aromatic rings. The molecule has 1 atom stereocenters. The van der Waals surface area contributed by atoms with Crippen molar-refractivity contribution in [3.8, 4) is 11.1 Å². The van der Waals surface area contributed by atoms with Crippen LogP contribution in [0.1, 0.15) is 11.6 Å². The van der Waals surface area contributed by atoms with Gasteiger partial charge in [-0.2, -0.15) is 5.10 Å². The van der Waals surface area contributed by atoms with Gasteiger partial charge in [0.1, 0.15) is 22.8 Å². The van der Waals surface area contributed by atoms with Gasteiger partial charge in [-0.05, 0) is 31.8 Å². The lowest BCUT2D eigenvalue weighted by Gasteiger charge is -2.24. The summed E-state index contributed by atoms with van der Waals surface area (Å²) in [5.41, 5.74) is 3.09. The van der Waals surface area contributed by atoms with Crippen molar-refractivity contribution in [3.63, 3.8) is 0 Å². The Bertz CT molecular complexity index is 1090. The number of aromatic nitrogens is 4. The van der Waals surface area contributed by atoms with E-state index < -0.39 is 0 Å². The molecule has 6 nitrogen and oxygen atoms in total. The molecule has 0 amide bonds. The predicted octanol–water partition coefficient (Wildman–Crippen LogP) is 3.95. The van der Waals surface area contributed by atoms with E-state index in [2.05, 4.69) is 25.3 Å². The number of thiophene rings is 1. The molecule has 0 bridgehead atoms. The molecule has 144 valence electrons. The third-order valence-corrected chi connectivity index (χ3v) is 5.61. The van der Waals surface area contributed by atoms with E-state index in [9.17, 15) is 4.39 Å². The highest BCUT2D eigenvalue weighted by molar-refractivity contribution is 7.17. The van der Waals surface area contributed by atoms with E-state index in [0.29, 0.717) is 6.54 Å². The lowest BCUT2D eigenvalue weighted by molar-refractivity contribution is 0.311. The Balaban J connectivity index is 1.67. The number of halogens is 1. The fraction of sp³-hybridized carbons (Fsp3) is 0.250. The number of aryl methyl sites for hydroxylation is 1. The van der Waals surface area contributed by atoms with Gasteiger partial charge in [0.05, 0.1) is 17.6 Å². The Morgan fingerprint density at radius 2 is 2.00 bits per heavy atom. The van der Waals surface area contributed by atoms with Crippen molar-refractivity contribution in [1.82, 2.24) is 24.6 Å². The average Bonchev–Trinajstić information content (AvgIpc) is 3.29. The van der Waals surface area contributed by atoms with Crippen LogP contribution in [0, 0.1) is 5.82 Å². The number of nitrogens with zero attached hydrogens (tertiary/aromatic N) is 5. The lowest BCUT2D eigenvalue weighted by Crippen LogP contribution is -2.26. The second-order valence-corrected chi connectivity index (χ2v) is 7.72. The van der Waals surface area contributed by atoms with Crippen molar-refractivity contribution < 1.29 is 4.39 Å². The maximum absolute atomic E-state index is 13.3. The Labute approximate surface area is 166 Å². The lowest BCUT2D eigenvalue weighted by atomic mass is 10.1. The topological polar surface area (TPSA) is 58.9 Å². The van der Waals surface area contributed by atoms with Crippen molar-refractivity contribution >= 4 is 27.4 Å². The summed E-state index contributed by atoms with van der Waals surface area (Å²) >= 11 is 1.56. The summed E-state index contributed by atoms with van der Waals surface area (Å²) in [7, 11) is 6.00. The highest BCUT2D eigenvalue weighted by atomic mass is 32.1. The van der Waals surface area contributed by atoms with Crippen LogP contribution in [-0.2, 0) is 7.05 Å². The molecule has 0 radical (unpaired) electrons. The summed E-state index contributed by atoms with van der Waals surface area (Å²) in [5.74, 6) is 0.532. The Kier molecular flexibility index (Phi) is 5.06. The Morgan fingerprint density at radius 1 is 1.21 bits per heavy atom. The number of hydrogen-bond acceptors (Lipinski definition) is 6. The van der Waals surface area contributed by atoms with Gasteiger partial charge in [0.15, 0.2) is 0 Å². The first-order valence-electron chi connectivity index (χ1n) is 8.90. The van der Waals surface area contributed by atoms with Crippen molar-refractivity contribution in [2.45, 2.75) is 6.04 Å². The Morgan fingerprint density at radius 3 is 2.68 bits per heavy atom. The first-order chi connectivity index (χ1) is 13.5. The molecule has 28 heavy (non-hydrogen) atoms. The van der Waals surface area contributed by atoms with Crippen LogP contribution in [0.2, 0.25) is 0 Å². The number of anilines is 1. The SMILES string of the molecule is CN(C)[C@@H](CNc1ncnc2scc(-c3ccc(F)cc3)c12)c1cnn(C)c1. The van der Waals surface area contributed by atoms with Gasteiger partial charge in [0, 0.05) is 36.3 Å². The second kappa shape index (κ2) is 7.65. The molecule has 1 N–H and O–H groups in total. The molecule has 1 aromatic carbocycles. The summed E-state index contributed by atoms with van der Waals surface area (Å²) in [6, 6.07) is 6.66. The number of nitrogens with one attached hydrogen (secondary N) is 1. The standard InChI is InChI=1S/C20H21FN6S/c1-26(2)17(14-8-25-27(3)10-14)9-22-19-18-16(11-28-20(18)24-12-23-19)13-4-6-15(21)7-5-13/h4-8,10-12,17H,9H2,1-3H3,(H,22,23,24)/t17-/m0/s1. The van der Waals surface area contributed by atoms with E-state index in [1.807, 2.05) is 38.9 Å². The number of rotatable bonds is 6. The van der Waals surface area contributed by atoms with Gasteiger partial charge in [-0.25, -0.2) is 14.4 Å². The van der Waals surface area contributed by atoms with Gasteiger partial charge in [-0.15, -0.1) is 11.3 Å². The molecule has 0 aliphatic heterocycles. The van der Waals surface area contributed by atoms with E-state index in [1.165, 1.54) is 12.1 Å². The first-order valence-corrected chi connectivity index (χ1v) is 9.78. The number of likely N-dealkylation sites (N-methyl/N-ethyl adjacent to an activating group) is 1. The molecule has 0 fully saturated rings. The molecule has 0 saturated heterocycles. The van der Waals surface area contributed by atoms with Crippen molar-refractivity contribution in [2.75, 3.05) is 26.0 Å². The molecular weight excluding hydrogens is 375 g/mol. The van der Waals surface area contributed by atoms with E-state index >= 15 is 0 Å². The summed E-state index contributed by atoms with van der Waals surface area (Å²) < 4.78 is 15.1. The largest absolute Gasteiger partial charge is 0.367 e. The van der Waals surface area contributed by atoms with Crippen molar-refractivity contribution in [1.29, 1.82) is 0 Å². The van der Waals surface area contributed by atoms with Crippen molar-refractivity contribution in [3.05, 3.63) is 59.7 Å². The van der Waals surface area contributed by atoms with E-state index in [0.717, 1.165) is 32.7 Å². The molecule has 0 saturated carbocycles. The van der Waals surface area contributed by atoms with Gasteiger partial charge in [0.25, 0.3) is 0 Å². The minimum Gasteiger partial charge on any atom is -0.367 e. The fourth-order valence-corrected chi connectivity index (χ4v) is 4.17. The maximum Gasteiger partial charge on any atom is 0.138 e. The quantitative estimate of drug-likeness (QED) is 0.535. The highest BCUT2D eigenvalue weighted by Gasteiger charge is 2.18. The summed E-state index contributed by atoms with van der Waals surface area (Å²) in [6.45, 7) is 0.670. The van der Waals surface area contributed by atoms with Gasteiger partial charge >= 0.3 is 0 Å². The molecule has 0 unspecified atom stereocenters. The molecule has 0 aliphatic rings.